The molecule has 0 saturated carbocycles. The van der Waals surface area contributed by atoms with Crippen molar-refractivity contribution < 1.29 is 4.84 Å². The smallest absolute Gasteiger partial charge is 0.147 e. The van der Waals surface area contributed by atoms with Crippen molar-refractivity contribution >= 4 is 0 Å². The Kier molecular flexibility index (Phi) is 5.59. The molecule has 0 bridgehead atoms. The molecule has 1 heterocycles. The van der Waals surface area contributed by atoms with Gasteiger partial charge in [-0.1, -0.05) is 48.5 Å². The van der Waals surface area contributed by atoms with Gasteiger partial charge in [-0.15, -0.1) is 0 Å². The first kappa shape index (κ1) is 16.2. The number of pyridine rings is 1. The lowest BCUT2D eigenvalue weighted by molar-refractivity contribution is 0.157. The van der Waals surface area contributed by atoms with Crippen molar-refractivity contribution in [2.75, 3.05) is 0 Å². The molecule has 3 heteroatoms. The normalized spacial score (nSPS) is 11.9. The number of aryl methyl sites for hydroxylation is 1. The van der Waals surface area contributed by atoms with Crippen LogP contribution in [0.15, 0.2) is 79.1 Å². The van der Waals surface area contributed by atoms with Crippen LogP contribution in [0, 0.1) is 0 Å². The molecule has 2 aromatic carbocycles. The Labute approximate surface area is 143 Å². The predicted octanol–water partition coefficient (Wildman–Crippen LogP) is 4.65. The summed E-state index contributed by atoms with van der Waals surface area (Å²) < 4.78 is 0. The highest BCUT2D eigenvalue weighted by Crippen LogP contribution is 2.21. The van der Waals surface area contributed by atoms with Crippen LogP contribution in [-0.4, -0.2) is 11.0 Å². The third-order valence-electron chi connectivity index (χ3n) is 3.93. The van der Waals surface area contributed by atoms with Gasteiger partial charge in [-0.25, -0.2) is 0 Å². The lowest BCUT2D eigenvalue weighted by Gasteiger charge is -2.14. The van der Waals surface area contributed by atoms with Crippen molar-refractivity contribution in [1.82, 2.24) is 10.5 Å². The highest BCUT2D eigenvalue weighted by Gasteiger charge is 2.04. The van der Waals surface area contributed by atoms with E-state index in [1.54, 1.807) is 6.20 Å². The molecule has 0 fully saturated rings. The Balaban J connectivity index is 1.48. The molecule has 122 valence electrons. The number of benzene rings is 2. The molecule has 3 nitrogen and oxygen atoms in total. The third kappa shape index (κ3) is 4.67. The van der Waals surface area contributed by atoms with Crippen LogP contribution in [0.25, 0.3) is 11.1 Å². The van der Waals surface area contributed by atoms with Gasteiger partial charge in [-0.3, -0.25) is 4.98 Å². The van der Waals surface area contributed by atoms with Crippen LogP contribution < -0.4 is 10.3 Å². The fourth-order valence-electron chi connectivity index (χ4n) is 2.50. The topological polar surface area (TPSA) is 34.2 Å². The second-order valence-electron chi connectivity index (χ2n) is 5.91. The second-order valence-corrected chi connectivity index (χ2v) is 5.91. The van der Waals surface area contributed by atoms with Crippen LogP contribution in [-0.2, 0) is 6.42 Å². The maximum Gasteiger partial charge on any atom is 0.147 e. The van der Waals surface area contributed by atoms with Crippen LogP contribution in [0.5, 0.6) is 5.75 Å². The summed E-state index contributed by atoms with van der Waals surface area (Å²) in [5.41, 5.74) is 6.75. The highest BCUT2D eigenvalue weighted by atomic mass is 16.6. The molecule has 1 atom stereocenters. The summed E-state index contributed by atoms with van der Waals surface area (Å²) in [4.78, 5) is 9.82. The highest BCUT2D eigenvalue weighted by molar-refractivity contribution is 5.63. The van der Waals surface area contributed by atoms with Crippen LogP contribution in [0.2, 0.25) is 0 Å². The molecule has 24 heavy (non-hydrogen) atoms. The molecule has 3 aromatic rings. The van der Waals surface area contributed by atoms with Crippen molar-refractivity contribution in [3.05, 3.63) is 84.7 Å². The number of hydroxylamine groups is 1. The summed E-state index contributed by atoms with van der Waals surface area (Å²) in [5.74, 6) is 0.822. The predicted molar refractivity (Wildman–Crippen MR) is 97.7 cm³/mol. The van der Waals surface area contributed by atoms with E-state index in [0.29, 0.717) is 0 Å². The van der Waals surface area contributed by atoms with Gasteiger partial charge < -0.3 is 4.84 Å². The van der Waals surface area contributed by atoms with Crippen molar-refractivity contribution in [3.63, 3.8) is 0 Å². The molecule has 0 aliphatic carbocycles. The minimum absolute atomic E-state index is 0.263. The Morgan fingerprint density at radius 1 is 0.917 bits per heavy atom. The lowest BCUT2D eigenvalue weighted by atomic mass is 10.1. The van der Waals surface area contributed by atoms with Gasteiger partial charge in [0.05, 0.1) is 0 Å². The Morgan fingerprint density at radius 2 is 1.67 bits per heavy atom. The van der Waals surface area contributed by atoms with Crippen molar-refractivity contribution in [2.45, 2.75) is 25.8 Å². The number of nitrogens with one attached hydrogen (secondary N) is 1. The van der Waals surface area contributed by atoms with Gasteiger partial charge in [0.2, 0.25) is 0 Å². The maximum absolute atomic E-state index is 5.68. The quantitative estimate of drug-likeness (QED) is 0.644. The first-order chi connectivity index (χ1) is 11.8. The minimum atomic E-state index is 0.263. The summed E-state index contributed by atoms with van der Waals surface area (Å²) in [5, 5.41) is 0. The second kappa shape index (κ2) is 8.27. The van der Waals surface area contributed by atoms with Crippen LogP contribution in [0.4, 0.5) is 0 Å². The Hall–Kier alpha value is -2.65. The van der Waals surface area contributed by atoms with E-state index in [2.05, 4.69) is 47.7 Å². The van der Waals surface area contributed by atoms with E-state index >= 15 is 0 Å². The van der Waals surface area contributed by atoms with Crippen LogP contribution >= 0.6 is 0 Å². The van der Waals surface area contributed by atoms with Gasteiger partial charge in [0, 0.05) is 18.4 Å². The summed E-state index contributed by atoms with van der Waals surface area (Å²) in [6, 6.07) is 22.8. The van der Waals surface area contributed by atoms with Crippen molar-refractivity contribution in [2.24, 2.45) is 0 Å². The first-order valence-electron chi connectivity index (χ1n) is 8.28. The molecule has 0 spiro atoms. The van der Waals surface area contributed by atoms with Crippen LogP contribution in [0.3, 0.4) is 0 Å². The molecule has 1 N–H and O–H groups in total. The maximum atomic E-state index is 5.68. The van der Waals surface area contributed by atoms with Crippen molar-refractivity contribution in [3.8, 4) is 16.9 Å². The molecular weight excluding hydrogens is 296 g/mol. The van der Waals surface area contributed by atoms with E-state index in [1.165, 1.54) is 16.7 Å². The van der Waals surface area contributed by atoms with Gasteiger partial charge in [0.25, 0.3) is 0 Å². The molecule has 1 unspecified atom stereocenters. The van der Waals surface area contributed by atoms with Gasteiger partial charge in [-0.2, -0.15) is 5.48 Å². The van der Waals surface area contributed by atoms with Gasteiger partial charge in [0.15, 0.2) is 0 Å². The average Bonchev–Trinajstić information content (AvgIpc) is 2.67. The molecule has 3 rings (SSSR count). The molecular formula is C21H22N2O. The van der Waals surface area contributed by atoms with E-state index in [1.807, 2.05) is 42.6 Å². The third-order valence-corrected chi connectivity index (χ3v) is 3.93. The monoisotopic (exact) mass is 318 g/mol. The fourth-order valence-corrected chi connectivity index (χ4v) is 2.50. The Bertz CT molecular complexity index is 727. The van der Waals surface area contributed by atoms with Crippen LogP contribution in [0.1, 0.15) is 18.9 Å². The molecule has 0 radical (unpaired) electrons. The van der Waals surface area contributed by atoms with E-state index in [4.69, 9.17) is 4.84 Å². The number of aromatic nitrogens is 1. The van der Waals surface area contributed by atoms with E-state index in [-0.39, 0.29) is 6.04 Å². The van der Waals surface area contributed by atoms with E-state index in [9.17, 15) is 0 Å². The Morgan fingerprint density at radius 3 is 2.38 bits per heavy atom. The number of nitrogens with zero attached hydrogens (tertiary/aromatic N) is 1. The lowest BCUT2D eigenvalue weighted by Crippen LogP contribution is -2.29. The summed E-state index contributed by atoms with van der Waals surface area (Å²) in [6.45, 7) is 2.12. The molecule has 1 aromatic heterocycles. The minimum Gasteiger partial charge on any atom is -0.409 e. The van der Waals surface area contributed by atoms with Gasteiger partial charge in [0.1, 0.15) is 5.75 Å². The molecule has 0 amide bonds. The summed E-state index contributed by atoms with van der Waals surface area (Å²) in [7, 11) is 0. The van der Waals surface area contributed by atoms with E-state index < -0.39 is 0 Å². The fraction of sp³-hybridized carbons (Fsp3) is 0.190. The standard InChI is InChI=1S/C21H22N2O/c1-17(9-10-18-6-5-15-22-16-18)23-24-21-13-11-20(12-14-21)19-7-3-2-4-8-19/h2-8,11-17,23H,9-10H2,1H3. The number of rotatable bonds is 7. The zero-order valence-electron chi connectivity index (χ0n) is 13.9. The zero-order valence-corrected chi connectivity index (χ0v) is 13.9. The molecule has 0 saturated heterocycles. The summed E-state index contributed by atoms with van der Waals surface area (Å²) in [6.07, 6.45) is 5.69. The zero-order chi connectivity index (χ0) is 16.6. The largest absolute Gasteiger partial charge is 0.409 e. The van der Waals surface area contributed by atoms with Gasteiger partial charge in [-0.05, 0) is 54.7 Å². The van der Waals surface area contributed by atoms with Crippen molar-refractivity contribution in [1.29, 1.82) is 0 Å². The SMILES string of the molecule is CC(CCc1cccnc1)NOc1ccc(-c2ccccc2)cc1. The average molecular weight is 318 g/mol. The number of hydrogen-bond acceptors (Lipinski definition) is 3. The summed E-state index contributed by atoms with van der Waals surface area (Å²) >= 11 is 0. The molecule has 0 aliphatic rings. The number of hydrogen-bond donors (Lipinski definition) is 1. The first-order valence-corrected chi connectivity index (χ1v) is 8.28. The van der Waals surface area contributed by atoms with E-state index in [0.717, 1.165) is 18.6 Å². The van der Waals surface area contributed by atoms with Gasteiger partial charge >= 0.3 is 0 Å². The molecule has 0 aliphatic heterocycles.